The number of carboxylic acids is 5. The monoisotopic (exact) mass is 366 g/mol. The largest absolute Gasteiger partial charge is 0.481 e. The molecule has 0 aliphatic carbocycles. The topological polar surface area (TPSA) is 239 Å². The van der Waals surface area contributed by atoms with Crippen LogP contribution < -0.4 is 11.5 Å². The Kier molecular flexibility index (Phi) is 12.4. The van der Waals surface area contributed by atoms with Gasteiger partial charge in [0.25, 0.3) is 0 Å². The highest BCUT2D eigenvalue weighted by atomic mass is 16.4. The zero-order valence-electron chi connectivity index (χ0n) is 13.2. The van der Waals surface area contributed by atoms with Crippen molar-refractivity contribution in [3.8, 4) is 0 Å². The standard InChI is InChI=1S/C7H13NO4.C6H9NO6/c8-5(7(11)12)3-1-2-4-6(9)10;7-3(6(12)13)1-2(4(8)9)5(10)11/h5H,1-4,8H2,(H,9,10)(H,11,12);2-3H,1,7H2,(H,8,9)(H,10,11)(H,12,13)/t;3-/m.0/s1. The van der Waals surface area contributed by atoms with Gasteiger partial charge in [-0.3, -0.25) is 24.0 Å². The molecule has 0 rings (SSSR count). The van der Waals surface area contributed by atoms with Gasteiger partial charge in [0.1, 0.15) is 12.1 Å². The molecule has 0 spiro atoms. The molecule has 12 nitrogen and oxygen atoms in total. The minimum absolute atomic E-state index is 0.0757. The lowest BCUT2D eigenvalue weighted by molar-refractivity contribution is -0.155. The third-order valence-electron chi connectivity index (χ3n) is 2.88. The number of carbonyl (C=O) groups is 5. The SMILES string of the molecule is NC(CCCCC(=O)O)C(=O)O.N[C@@H](CC(C(=O)O)C(=O)O)C(=O)O. The van der Waals surface area contributed by atoms with Gasteiger partial charge in [-0.2, -0.15) is 0 Å². The van der Waals surface area contributed by atoms with E-state index in [-0.39, 0.29) is 6.42 Å². The Morgan fingerprint density at radius 1 is 0.680 bits per heavy atom. The van der Waals surface area contributed by atoms with Crippen LogP contribution in [0.3, 0.4) is 0 Å². The molecule has 0 aromatic rings. The summed E-state index contributed by atoms with van der Waals surface area (Å²) >= 11 is 0. The van der Waals surface area contributed by atoms with Crippen LogP contribution in [0.2, 0.25) is 0 Å². The first kappa shape index (κ1) is 24.5. The number of rotatable bonds is 11. The van der Waals surface area contributed by atoms with Gasteiger partial charge in [-0.25, -0.2) is 0 Å². The highest BCUT2D eigenvalue weighted by Crippen LogP contribution is 2.06. The molecule has 0 saturated carbocycles. The van der Waals surface area contributed by atoms with Gasteiger partial charge in [0, 0.05) is 6.42 Å². The lowest BCUT2D eigenvalue weighted by Gasteiger charge is -2.09. The number of aliphatic carboxylic acids is 5. The van der Waals surface area contributed by atoms with E-state index in [1.54, 1.807) is 0 Å². The third kappa shape index (κ3) is 13.4. The van der Waals surface area contributed by atoms with Crippen LogP contribution in [0.5, 0.6) is 0 Å². The maximum Gasteiger partial charge on any atom is 0.320 e. The average Bonchev–Trinajstić information content (AvgIpc) is 2.48. The summed E-state index contributed by atoms with van der Waals surface area (Å²) in [5, 5.41) is 41.6. The van der Waals surface area contributed by atoms with E-state index in [9.17, 15) is 24.0 Å². The molecule has 25 heavy (non-hydrogen) atoms. The maximum absolute atomic E-state index is 10.3. The minimum Gasteiger partial charge on any atom is -0.481 e. The number of hydrogen-bond acceptors (Lipinski definition) is 7. The minimum atomic E-state index is -1.77. The van der Waals surface area contributed by atoms with Crippen LogP contribution in [0, 0.1) is 5.92 Å². The van der Waals surface area contributed by atoms with E-state index in [1.807, 2.05) is 0 Å². The molecule has 0 aliphatic rings. The fourth-order valence-electron chi connectivity index (χ4n) is 1.43. The van der Waals surface area contributed by atoms with E-state index in [4.69, 9.17) is 37.0 Å². The predicted octanol–water partition coefficient (Wildman–Crippen LogP) is -1.38. The Morgan fingerprint density at radius 3 is 1.44 bits per heavy atom. The molecular formula is C13H22N2O10. The first-order chi connectivity index (χ1) is 11.4. The molecule has 2 atom stereocenters. The summed E-state index contributed by atoms with van der Waals surface area (Å²) in [5.74, 6) is -8.28. The number of hydrogen-bond donors (Lipinski definition) is 7. The number of carboxylic acid groups (broad SMARTS) is 5. The Balaban J connectivity index is 0. The molecule has 1 unspecified atom stereocenters. The molecule has 12 heteroatoms. The van der Waals surface area contributed by atoms with Crippen LogP contribution >= 0.6 is 0 Å². The van der Waals surface area contributed by atoms with Gasteiger partial charge in [-0.1, -0.05) is 6.42 Å². The van der Waals surface area contributed by atoms with Gasteiger partial charge in [-0.05, 0) is 19.3 Å². The van der Waals surface area contributed by atoms with E-state index < -0.39 is 54.3 Å². The Labute approximate surface area is 142 Å². The Hall–Kier alpha value is -2.73. The van der Waals surface area contributed by atoms with Crippen LogP contribution in [-0.4, -0.2) is 67.5 Å². The highest BCUT2D eigenvalue weighted by molar-refractivity contribution is 5.93. The van der Waals surface area contributed by atoms with E-state index in [0.29, 0.717) is 19.3 Å². The van der Waals surface area contributed by atoms with Gasteiger partial charge < -0.3 is 37.0 Å². The predicted molar refractivity (Wildman–Crippen MR) is 80.7 cm³/mol. The zero-order valence-corrected chi connectivity index (χ0v) is 13.2. The Bertz CT molecular complexity index is 479. The second-order valence-corrected chi connectivity index (χ2v) is 4.99. The van der Waals surface area contributed by atoms with Gasteiger partial charge in [-0.15, -0.1) is 0 Å². The molecular weight excluding hydrogens is 344 g/mol. The van der Waals surface area contributed by atoms with E-state index in [0.717, 1.165) is 0 Å². The summed E-state index contributed by atoms with van der Waals surface area (Å²) in [4.78, 5) is 50.9. The highest BCUT2D eigenvalue weighted by Gasteiger charge is 2.30. The van der Waals surface area contributed by atoms with Crippen LogP contribution in [0.15, 0.2) is 0 Å². The molecule has 0 bridgehead atoms. The summed E-state index contributed by atoms with van der Waals surface area (Å²) in [5.41, 5.74) is 10.2. The Morgan fingerprint density at radius 2 is 1.12 bits per heavy atom. The van der Waals surface area contributed by atoms with Crippen LogP contribution in [0.4, 0.5) is 0 Å². The van der Waals surface area contributed by atoms with E-state index in [1.165, 1.54) is 0 Å². The third-order valence-corrected chi connectivity index (χ3v) is 2.88. The van der Waals surface area contributed by atoms with Crippen LogP contribution in [-0.2, 0) is 24.0 Å². The summed E-state index contributed by atoms with van der Waals surface area (Å²) in [6, 6.07) is -2.34. The van der Waals surface area contributed by atoms with Crippen molar-refractivity contribution in [2.75, 3.05) is 0 Å². The summed E-state index contributed by atoms with van der Waals surface area (Å²) in [7, 11) is 0. The smallest absolute Gasteiger partial charge is 0.320 e. The van der Waals surface area contributed by atoms with Gasteiger partial charge in [0.15, 0.2) is 5.92 Å². The number of nitrogens with two attached hydrogens (primary N) is 2. The second-order valence-electron chi connectivity index (χ2n) is 4.99. The van der Waals surface area contributed by atoms with Crippen LogP contribution in [0.1, 0.15) is 32.1 Å². The van der Waals surface area contributed by atoms with Crippen molar-refractivity contribution < 1.29 is 49.5 Å². The second kappa shape index (κ2) is 12.7. The first-order valence-electron chi connectivity index (χ1n) is 7.04. The molecule has 0 aromatic carbocycles. The molecule has 0 aliphatic heterocycles. The molecule has 9 N–H and O–H groups in total. The van der Waals surface area contributed by atoms with Crippen molar-refractivity contribution in [1.29, 1.82) is 0 Å². The summed E-state index contributed by atoms with van der Waals surface area (Å²) < 4.78 is 0. The molecule has 144 valence electrons. The lowest BCUT2D eigenvalue weighted by atomic mass is 10.0. The molecule has 0 heterocycles. The van der Waals surface area contributed by atoms with Crippen molar-refractivity contribution in [2.45, 2.75) is 44.2 Å². The van der Waals surface area contributed by atoms with Crippen molar-refractivity contribution >= 4 is 29.8 Å². The van der Waals surface area contributed by atoms with Crippen molar-refractivity contribution in [3.63, 3.8) is 0 Å². The quantitative estimate of drug-likeness (QED) is 0.165. The van der Waals surface area contributed by atoms with E-state index in [2.05, 4.69) is 0 Å². The fraction of sp³-hybridized carbons (Fsp3) is 0.615. The first-order valence-corrected chi connectivity index (χ1v) is 7.04. The fourth-order valence-corrected chi connectivity index (χ4v) is 1.43. The maximum atomic E-state index is 10.3. The normalized spacial score (nSPS) is 12.4. The molecule has 0 aromatic heterocycles. The van der Waals surface area contributed by atoms with Crippen LogP contribution in [0.25, 0.3) is 0 Å². The van der Waals surface area contributed by atoms with Crippen molar-refractivity contribution in [3.05, 3.63) is 0 Å². The zero-order chi connectivity index (χ0) is 20.2. The van der Waals surface area contributed by atoms with E-state index >= 15 is 0 Å². The lowest BCUT2D eigenvalue weighted by Crippen LogP contribution is -2.37. The van der Waals surface area contributed by atoms with Gasteiger partial charge in [0.05, 0.1) is 0 Å². The number of unbranched alkanes of at least 4 members (excludes halogenated alkanes) is 1. The van der Waals surface area contributed by atoms with Crippen molar-refractivity contribution in [1.82, 2.24) is 0 Å². The molecule has 0 amide bonds. The average molecular weight is 366 g/mol. The molecule has 0 radical (unpaired) electrons. The molecule has 0 saturated heterocycles. The summed E-state index contributed by atoms with van der Waals surface area (Å²) in [6.45, 7) is 0. The van der Waals surface area contributed by atoms with Gasteiger partial charge in [0.2, 0.25) is 0 Å². The van der Waals surface area contributed by atoms with Crippen molar-refractivity contribution in [2.24, 2.45) is 17.4 Å². The molecule has 0 fully saturated rings. The summed E-state index contributed by atoms with van der Waals surface area (Å²) in [6.07, 6.45) is 0.811. The van der Waals surface area contributed by atoms with Gasteiger partial charge >= 0.3 is 29.8 Å².